The lowest BCUT2D eigenvalue weighted by Gasteiger charge is -2.13. The first-order valence-electron chi connectivity index (χ1n) is 6.66. The van der Waals surface area contributed by atoms with E-state index in [0.29, 0.717) is 25.2 Å². The smallest absolute Gasteiger partial charge is 0.393 e. The van der Waals surface area contributed by atoms with Crippen molar-refractivity contribution in [3.8, 4) is 0 Å². The molecule has 0 bridgehead atoms. The first-order chi connectivity index (χ1) is 11.3. The Morgan fingerprint density at radius 1 is 1.21 bits per heavy atom. The summed E-state index contributed by atoms with van der Waals surface area (Å²) in [6.45, 7) is 0.912. The van der Waals surface area contributed by atoms with Crippen molar-refractivity contribution in [2.75, 3.05) is 36.6 Å². The van der Waals surface area contributed by atoms with E-state index in [1.807, 2.05) is 0 Å². The summed E-state index contributed by atoms with van der Waals surface area (Å²) in [5.74, 6) is 0.518. The van der Waals surface area contributed by atoms with E-state index >= 15 is 0 Å². The Balaban J connectivity index is 2.21. The quantitative estimate of drug-likeness (QED) is 0.679. The van der Waals surface area contributed by atoms with E-state index in [9.17, 15) is 13.2 Å². The summed E-state index contributed by atoms with van der Waals surface area (Å²) in [5, 5.41) is 5.42. The second-order valence-corrected chi connectivity index (χ2v) is 4.99. The number of nitrogens with one attached hydrogen (secondary N) is 2. The lowest BCUT2D eigenvalue weighted by atomic mass is 10.2. The lowest BCUT2D eigenvalue weighted by Crippen LogP contribution is -2.12. The zero-order valence-corrected chi connectivity index (χ0v) is 13.2. The highest BCUT2D eigenvalue weighted by molar-refractivity contribution is 6.33. The van der Waals surface area contributed by atoms with Crippen LogP contribution in [0.25, 0.3) is 0 Å². The fourth-order valence-electron chi connectivity index (χ4n) is 1.70. The summed E-state index contributed by atoms with van der Waals surface area (Å²) < 4.78 is 42.7. The maximum atomic E-state index is 12.6. The predicted molar refractivity (Wildman–Crippen MR) is 84.3 cm³/mol. The van der Waals surface area contributed by atoms with Crippen LogP contribution in [0.15, 0.2) is 18.6 Å². The number of anilines is 4. The average Bonchev–Trinajstić information content (AvgIpc) is 2.52. The minimum absolute atomic E-state index is 0.00194. The Morgan fingerprint density at radius 3 is 2.54 bits per heavy atom. The summed E-state index contributed by atoms with van der Waals surface area (Å²) in [5.41, 5.74) is 5.15. The van der Waals surface area contributed by atoms with Gasteiger partial charge in [-0.25, -0.2) is 15.0 Å². The van der Waals surface area contributed by atoms with Gasteiger partial charge in [0.15, 0.2) is 11.6 Å². The molecule has 0 spiro atoms. The number of hydrogen-bond acceptors (Lipinski definition) is 7. The monoisotopic (exact) mass is 362 g/mol. The number of aromatic nitrogens is 3. The van der Waals surface area contributed by atoms with Gasteiger partial charge in [-0.05, 0) is 6.07 Å². The Bertz CT molecular complexity index is 713. The van der Waals surface area contributed by atoms with Gasteiger partial charge in [0.05, 0.1) is 17.2 Å². The fourth-order valence-corrected chi connectivity index (χ4v) is 1.92. The maximum absolute atomic E-state index is 12.6. The molecule has 130 valence electrons. The molecule has 2 aromatic heterocycles. The van der Waals surface area contributed by atoms with Crippen LogP contribution in [0, 0.1) is 0 Å². The van der Waals surface area contributed by atoms with Gasteiger partial charge < -0.3 is 21.1 Å². The Morgan fingerprint density at radius 2 is 1.92 bits per heavy atom. The number of alkyl halides is 3. The van der Waals surface area contributed by atoms with Crippen LogP contribution in [0.5, 0.6) is 0 Å². The van der Waals surface area contributed by atoms with Gasteiger partial charge in [-0.3, -0.25) is 0 Å². The van der Waals surface area contributed by atoms with E-state index in [1.54, 1.807) is 7.11 Å². The van der Waals surface area contributed by atoms with Crippen molar-refractivity contribution in [1.29, 1.82) is 0 Å². The van der Waals surface area contributed by atoms with Crippen LogP contribution in [0.2, 0.25) is 5.02 Å². The molecule has 4 N–H and O–H groups in total. The van der Waals surface area contributed by atoms with Crippen molar-refractivity contribution in [2.24, 2.45) is 0 Å². The van der Waals surface area contributed by atoms with E-state index in [1.165, 1.54) is 6.33 Å². The van der Waals surface area contributed by atoms with Gasteiger partial charge >= 0.3 is 6.18 Å². The standard InChI is InChI=1S/C13H14ClF3N6O/c1-24-3-2-19-11-9(18)12(22-6-21-11)23-10-8(14)4-7(5-20-10)13(15,16)17/h4-6H,2-3,18H2,1H3,(H2,19,20,21,22,23). The number of nitrogen functional groups attached to an aromatic ring is 1. The number of nitrogens with two attached hydrogens (primary N) is 1. The van der Waals surface area contributed by atoms with E-state index in [-0.39, 0.29) is 22.3 Å². The van der Waals surface area contributed by atoms with Crippen molar-refractivity contribution < 1.29 is 17.9 Å². The lowest BCUT2D eigenvalue weighted by molar-refractivity contribution is -0.137. The zero-order valence-electron chi connectivity index (χ0n) is 12.5. The Kier molecular flexibility index (Phi) is 5.62. The minimum atomic E-state index is -4.53. The number of nitrogens with zero attached hydrogens (tertiary/aromatic N) is 3. The number of halogens is 4. The molecular formula is C13H14ClF3N6O. The highest BCUT2D eigenvalue weighted by atomic mass is 35.5. The molecule has 2 aromatic rings. The molecule has 0 aliphatic rings. The number of hydrogen-bond donors (Lipinski definition) is 3. The topological polar surface area (TPSA) is 98.0 Å². The third-order valence-corrected chi connectivity index (χ3v) is 3.18. The Hall–Kier alpha value is -2.33. The third kappa shape index (κ3) is 4.36. The summed E-state index contributed by atoms with van der Waals surface area (Å²) >= 11 is 5.84. The van der Waals surface area contributed by atoms with Gasteiger partial charge in [0.25, 0.3) is 0 Å². The largest absolute Gasteiger partial charge is 0.417 e. The van der Waals surface area contributed by atoms with Gasteiger partial charge in [0.1, 0.15) is 17.8 Å². The molecule has 0 saturated carbocycles. The van der Waals surface area contributed by atoms with Crippen LogP contribution >= 0.6 is 11.6 Å². The minimum Gasteiger partial charge on any atom is -0.393 e. The van der Waals surface area contributed by atoms with Gasteiger partial charge in [0, 0.05) is 19.9 Å². The van der Waals surface area contributed by atoms with Crippen molar-refractivity contribution in [2.45, 2.75) is 6.18 Å². The van der Waals surface area contributed by atoms with Crippen molar-refractivity contribution in [3.63, 3.8) is 0 Å². The number of ether oxygens (including phenoxy) is 1. The molecule has 11 heteroatoms. The molecule has 0 aliphatic heterocycles. The molecular weight excluding hydrogens is 349 g/mol. The average molecular weight is 363 g/mol. The van der Waals surface area contributed by atoms with E-state index in [2.05, 4.69) is 25.6 Å². The van der Waals surface area contributed by atoms with Crippen molar-refractivity contribution in [1.82, 2.24) is 15.0 Å². The molecule has 0 radical (unpaired) electrons. The second kappa shape index (κ2) is 7.49. The van der Waals surface area contributed by atoms with Crippen LogP contribution in [0.3, 0.4) is 0 Å². The molecule has 24 heavy (non-hydrogen) atoms. The maximum Gasteiger partial charge on any atom is 0.417 e. The first kappa shape index (κ1) is 18.0. The van der Waals surface area contributed by atoms with Gasteiger partial charge in [-0.15, -0.1) is 0 Å². The number of methoxy groups -OCH3 is 1. The van der Waals surface area contributed by atoms with Crippen molar-refractivity contribution >= 4 is 34.7 Å². The number of pyridine rings is 1. The fraction of sp³-hybridized carbons (Fsp3) is 0.308. The predicted octanol–water partition coefficient (Wildman–Crippen LogP) is 2.93. The van der Waals surface area contributed by atoms with E-state index < -0.39 is 11.7 Å². The summed E-state index contributed by atoms with van der Waals surface area (Å²) in [6, 6.07) is 0.770. The molecule has 7 nitrogen and oxygen atoms in total. The molecule has 2 rings (SSSR count). The van der Waals surface area contributed by atoms with Crippen molar-refractivity contribution in [3.05, 3.63) is 29.2 Å². The van der Waals surface area contributed by atoms with Gasteiger partial charge in [-0.2, -0.15) is 13.2 Å². The highest BCUT2D eigenvalue weighted by Crippen LogP contribution is 2.34. The SMILES string of the molecule is COCCNc1ncnc(Nc2ncc(C(F)(F)F)cc2Cl)c1N. The molecule has 0 unspecified atom stereocenters. The second-order valence-electron chi connectivity index (χ2n) is 4.58. The van der Waals surface area contributed by atoms with Gasteiger partial charge in [0.2, 0.25) is 0 Å². The summed E-state index contributed by atoms with van der Waals surface area (Å²) in [4.78, 5) is 11.6. The normalized spacial score (nSPS) is 11.4. The number of rotatable bonds is 6. The molecule has 0 amide bonds. The van der Waals surface area contributed by atoms with Crippen LogP contribution in [-0.4, -0.2) is 35.2 Å². The van der Waals surface area contributed by atoms with E-state index in [0.717, 1.165) is 6.07 Å². The molecule has 2 heterocycles. The molecule has 0 aliphatic carbocycles. The van der Waals surface area contributed by atoms with Crippen LogP contribution in [-0.2, 0) is 10.9 Å². The van der Waals surface area contributed by atoms with Gasteiger partial charge in [-0.1, -0.05) is 11.6 Å². The highest BCUT2D eigenvalue weighted by Gasteiger charge is 2.31. The van der Waals surface area contributed by atoms with Crippen LogP contribution < -0.4 is 16.4 Å². The summed E-state index contributed by atoms with van der Waals surface area (Å²) in [6.07, 6.45) is -2.61. The molecule has 0 saturated heterocycles. The summed E-state index contributed by atoms with van der Waals surface area (Å²) in [7, 11) is 1.55. The molecule has 0 atom stereocenters. The Labute approximate surface area is 140 Å². The molecule has 0 fully saturated rings. The third-order valence-electron chi connectivity index (χ3n) is 2.89. The zero-order chi connectivity index (χ0) is 17.7. The van der Waals surface area contributed by atoms with Crippen LogP contribution in [0.1, 0.15) is 5.56 Å². The van der Waals surface area contributed by atoms with Crippen LogP contribution in [0.4, 0.5) is 36.3 Å². The molecule has 0 aromatic carbocycles. The van der Waals surface area contributed by atoms with E-state index in [4.69, 9.17) is 22.1 Å². The first-order valence-corrected chi connectivity index (χ1v) is 7.03.